The summed E-state index contributed by atoms with van der Waals surface area (Å²) in [5, 5.41) is 0. The number of carbonyl (C=O) groups excluding carboxylic acids is 1. The van der Waals surface area contributed by atoms with E-state index >= 15 is 0 Å². The molecule has 2 amide bonds. The fraction of sp³-hybridized carbons (Fsp3) is 0.364. The zero-order valence-electron chi connectivity index (χ0n) is 9.10. The molecule has 0 aliphatic heterocycles. The Hall–Kier alpha value is -1.55. The van der Waals surface area contributed by atoms with E-state index in [1.165, 1.54) is 0 Å². The smallest absolute Gasteiger partial charge is 0.317 e. The molecule has 15 heavy (non-hydrogen) atoms. The molecule has 0 saturated carbocycles. The Morgan fingerprint density at radius 1 is 1.40 bits per heavy atom. The molecule has 0 aliphatic rings. The highest BCUT2D eigenvalue weighted by Gasteiger charge is 2.15. The van der Waals surface area contributed by atoms with Crippen LogP contribution >= 0.6 is 0 Å². The topological polar surface area (TPSA) is 58.4 Å². The minimum absolute atomic E-state index is 0.119. The summed E-state index contributed by atoms with van der Waals surface area (Å²) in [5.74, 6) is 5.12. The van der Waals surface area contributed by atoms with Crippen molar-refractivity contribution in [3.05, 3.63) is 35.9 Å². The van der Waals surface area contributed by atoms with E-state index in [9.17, 15) is 4.79 Å². The summed E-state index contributed by atoms with van der Waals surface area (Å²) in [4.78, 5) is 13.1. The van der Waals surface area contributed by atoms with Gasteiger partial charge in [0.25, 0.3) is 0 Å². The van der Waals surface area contributed by atoms with E-state index in [1.54, 1.807) is 4.90 Å². The van der Waals surface area contributed by atoms with Gasteiger partial charge < -0.3 is 4.90 Å². The fourth-order valence-corrected chi connectivity index (χ4v) is 1.35. The Labute approximate surface area is 90.0 Å². The summed E-state index contributed by atoms with van der Waals surface area (Å²) < 4.78 is 0. The van der Waals surface area contributed by atoms with Crippen LogP contribution in [-0.2, 0) is 6.54 Å². The van der Waals surface area contributed by atoms with Crippen LogP contribution in [0.15, 0.2) is 30.3 Å². The predicted octanol–water partition coefficient (Wildman–Crippen LogP) is 1.48. The first-order valence-electron chi connectivity index (χ1n) is 4.96. The number of hydrogen-bond acceptors (Lipinski definition) is 2. The van der Waals surface area contributed by atoms with Crippen molar-refractivity contribution in [1.82, 2.24) is 10.3 Å². The van der Waals surface area contributed by atoms with Crippen LogP contribution < -0.4 is 11.3 Å². The van der Waals surface area contributed by atoms with Crippen LogP contribution in [0.4, 0.5) is 4.79 Å². The maximum absolute atomic E-state index is 11.4. The SMILES string of the molecule is CC(C)N(Cc1ccccc1)C(=O)NN. The fourth-order valence-electron chi connectivity index (χ4n) is 1.35. The second kappa shape index (κ2) is 5.36. The van der Waals surface area contributed by atoms with Gasteiger partial charge in [-0.3, -0.25) is 5.43 Å². The zero-order chi connectivity index (χ0) is 11.3. The summed E-state index contributed by atoms with van der Waals surface area (Å²) in [5.41, 5.74) is 3.25. The van der Waals surface area contributed by atoms with E-state index < -0.39 is 0 Å². The van der Waals surface area contributed by atoms with E-state index in [4.69, 9.17) is 5.84 Å². The van der Waals surface area contributed by atoms with Crippen molar-refractivity contribution in [2.24, 2.45) is 5.84 Å². The van der Waals surface area contributed by atoms with Crippen LogP contribution in [0.2, 0.25) is 0 Å². The van der Waals surface area contributed by atoms with E-state index in [0.717, 1.165) is 5.56 Å². The number of nitrogens with zero attached hydrogens (tertiary/aromatic N) is 1. The standard InChI is InChI=1S/C11H17N3O/c1-9(2)14(11(15)13-12)8-10-6-4-3-5-7-10/h3-7,9H,8,12H2,1-2H3,(H,13,15). The van der Waals surface area contributed by atoms with Crippen molar-refractivity contribution in [1.29, 1.82) is 0 Å². The van der Waals surface area contributed by atoms with E-state index in [1.807, 2.05) is 44.2 Å². The van der Waals surface area contributed by atoms with Crippen molar-refractivity contribution in [3.8, 4) is 0 Å². The third-order valence-corrected chi connectivity index (χ3v) is 2.20. The number of urea groups is 1. The van der Waals surface area contributed by atoms with Gasteiger partial charge in [0.2, 0.25) is 0 Å². The Kier molecular flexibility index (Phi) is 4.12. The lowest BCUT2D eigenvalue weighted by Crippen LogP contribution is -2.46. The van der Waals surface area contributed by atoms with Gasteiger partial charge in [-0.15, -0.1) is 0 Å². The summed E-state index contributed by atoms with van der Waals surface area (Å²) in [6, 6.07) is 9.69. The summed E-state index contributed by atoms with van der Waals surface area (Å²) in [6.45, 7) is 4.48. The number of hydrogen-bond donors (Lipinski definition) is 2. The second-order valence-corrected chi connectivity index (χ2v) is 3.66. The van der Waals surface area contributed by atoms with Crippen molar-refractivity contribution in [2.45, 2.75) is 26.4 Å². The first-order valence-corrected chi connectivity index (χ1v) is 4.96. The molecule has 0 aromatic heterocycles. The van der Waals surface area contributed by atoms with Crippen molar-refractivity contribution in [3.63, 3.8) is 0 Å². The molecular formula is C11H17N3O. The van der Waals surface area contributed by atoms with E-state index in [2.05, 4.69) is 5.43 Å². The number of benzene rings is 1. The maximum atomic E-state index is 11.4. The number of nitrogens with two attached hydrogens (primary N) is 1. The Bertz CT molecular complexity index is 311. The van der Waals surface area contributed by atoms with Crippen LogP contribution in [0.1, 0.15) is 19.4 Å². The number of amides is 2. The van der Waals surface area contributed by atoms with Crippen molar-refractivity contribution >= 4 is 6.03 Å². The van der Waals surface area contributed by atoms with Gasteiger partial charge in [-0.05, 0) is 19.4 Å². The predicted molar refractivity (Wildman–Crippen MR) is 59.8 cm³/mol. The first-order chi connectivity index (χ1) is 7.15. The normalized spacial score (nSPS) is 10.1. The van der Waals surface area contributed by atoms with Gasteiger partial charge in [-0.25, -0.2) is 10.6 Å². The molecule has 1 aromatic rings. The molecule has 4 heteroatoms. The molecule has 0 spiro atoms. The molecular weight excluding hydrogens is 190 g/mol. The zero-order valence-corrected chi connectivity index (χ0v) is 9.10. The highest BCUT2D eigenvalue weighted by molar-refractivity contribution is 5.73. The van der Waals surface area contributed by atoms with Gasteiger partial charge in [0, 0.05) is 12.6 Å². The summed E-state index contributed by atoms with van der Waals surface area (Å²) in [7, 11) is 0. The van der Waals surface area contributed by atoms with Crippen molar-refractivity contribution in [2.75, 3.05) is 0 Å². The van der Waals surface area contributed by atoms with Crippen LogP contribution in [0.5, 0.6) is 0 Å². The second-order valence-electron chi connectivity index (χ2n) is 3.66. The molecule has 0 radical (unpaired) electrons. The summed E-state index contributed by atoms with van der Waals surface area (Å²) >= 11 is 0. The highest BCUT2D eigenvalue weighted by Crippen LogP contribution is 2.07. The molecule has 0 aliphatic carbocycles. The Morgan fingerprint density at radius 3 is 2.47 bits per heavy atom. The average molecular weight is 207 g/mol. The van der Waals surface area contributed by atoms with Gasteiger partial charge in [0.15, 0.2) is 0 Å². The molecule has 1 aromatic carbocycles. The molecule has 3 N–H and O–H groups in total. The molecule has 0 saturated heterocycles. The third-order valence-electron chi connectivity index (χ3n) is 2.20. The van der Waals surface area contributed by atoms with E-state index in [-0.39, 0.29) is 12.1 Å². The Balaban J connectivity index is 2.72. The van der Waals surface area contributed by atoms with Crippen LogP contribution in [0.25, 0.3) is 0 Å². The lowest BCUT2D eigenvalue weighted by Gasteiger charge is -2.26. The number of rotatable bonds is 3. The molecule has 4 nitrogen and oxygen atoms in total. The van der Waals surface area contributed by atoms with Crippen LogP contribution in [0.3, 0.4) is 0 Å². The minimum Gasteiger partial charge on any atom is -0.317 e. The quantitative estimate of drug-likeness (QED) is 0.448. The first kappa shape index (κ1) is 11.5. The molecule has 0 unspecified atom stereocenters. The van der Waals surface area contributed by atoms with Gasteiger partial charge in [0.05, 0.1) is 0 Å². The third kappa shape index (κ3) is 3.25. The molecule has 0 heterocycles. The van der Waals surface area contributed by atoms with Crippen LogP contribution in [0, 0.1) is 0 Å². The van der Waals surface area contributed by atoms with Gasteiger partial charge in [0.1, 0.15) is 0 Å². The van der Waals surface area contributed by atoms with Crippen LogP contribution in [-0.4, -0.2) is 17.0 Å². The average Bonchev–Trinajstić information content (AvgIpc) is 2.26. The maximum Gasteiger partial charge on any atom is 0.332 e. The molecule has 0 atom stereocenters. The monoisotopic (exact) mass is 207 g/mol. The van der Waals surface area contributed by atoms with Gasteiger partial charge in [-0.1, -0.05) is 30.3 Å². The number of nitrogens with one attached hydrogen (secondary N) is 1. The molecule has 1 rings (SSSR count). The highest BCUT2D eigenvalue weighted by atomic mass is 16.2. The van der Waals surface area contributed by atoms with Crippen molar-refractivity contribution < 1.29 is 4.79 Å². The summed E-state index contributed by atoms with van der Waals surface area (Å²) in [6.07, 6.45) is 0. The van der Waals surface area contributed by atoms with Gasteiger partial charge >= 0.3 is 6.03 Å². The Morgan fingerprint density at radius 2 is 2.00 bits per heavy atom. The molecule has 0 fully saturated rings. The van der Waals surface area contributed by atoms with E-state index in [0.29, 0.717) is 6.54 Å². The largest absolute Gasteiger partial charge is 0.332 e. The number of hydrazine groups is 1. The molecule has 0 bridgehead atoms. The lowest BCUT2D eigenvalue weighted by atomic mass is 10.2. The lowest BCUT2D eigenvalue weighted by molar-refractivity contribution is 0.180. The minimum atomic E-state index is -0.256. The number of carbonyl (C=O) groups is 1. The van der Waals surface area contributed by atoms with Gasteiger partial charge in [-0.2, -0.15) is 0 Å². The molecule has 82 valence electrons.